The lowest BCUT2D eigenvalue weighted by Crippen LogP contribution is -2.39. The van der Waals surface area contributed by atoms with Gasteiger partial charge in [0, 0.05) is 6.04 Å². The number of hydrogen-bond donors (Lipinski definition) is 1. The number of benzene rings is 1. The van der Waals surface area contributed by atoms with Crippen molar-refractivity contribution in [3.8, 4) is 0 Å². The fourth-order valence-corrected chi connectivity index (χ4v) is 4.35. The highest BCUT2D eigenvalue weighted by atomic mass is 32.2. The first-order chi connectivity index (χ1) is 9.88. The smallest absolute Gasteiger partial charge is 0.157 e. The van der Waals surface area contributed by atoms with Crippen molar-refractivity contribution in [1.29, 1.82) is 0 Å². The highest BCUT2D eigenvalue weighted by Crippen LogP contribution is 2.26. The van der Waals surface area contributed by atoms with E-state index in [-0.39, 0.29) is 11.3 Å². The molecule has 0 bridgehead atoms. The predicted molar refractivity (Wildman–Crippen MR) is 90.4 cm³/mol. The molecule has 3 nitrogen and oxygen atoms in total. The quantitative estimate of drug-likeness (QED) is 0.799. The zero-order valence-corrected chi connectivity index (χ0v) is 14.7. The third-order valence-electron chi connectivity index (χ3n) is 4.29. The fourth-order valence-electron chi connectivity index (χ4n) is 2.52. The van der Waals surface area contributed by atoms with E-state index < -0.39 is 15.1 Å². The van der Waals surface area contributed by atoms with Crippen LogP contribution in [0.2, 0.25) is 0 Å². The lowest BCUT2D eigenvalue weighted by atomic mass is 10.0. The molecule has 0 aromatic heterocycles. The summed E-state index contributed by atoms with van der Waals surface area (Å²) in [6.07, 6.45) is 1.65. The molecule has 0 saturated carbocycles. The van der Waals surface area contributed by atoms with Crippen LogP contribution in [0.1, 0.15) is 58.2 Å². The van der Waals surface area contributed by atoms with Crippen LogP contribution in [0.15, 0.2) is 24.3 Å². The van der Waals surface area contributed by atoms with Crippen LogP contribution in [0, 0.1) is 0 Å². The summed E-state index contributed by atoms with van der Waals surface area (Å²) in [4.78, 5) is 0. The Bertz CT molecular complexity index is 522. The Morgan fingerprint density at radius 1 is 1.05 bits per heavy atom. The van der Waals surface area contributed by atoms with Crippen LogP contribution in [0.5, 0.6) is 0 Å². The van der Waals surface area contributed by atoms with E-state index in [1.807, 2.05) is 20.8 Å². The maximum atomic E-state index is 12.6. The Hall–Kier alpha value is -0.870. The fraction of sp³-hybridized carbons (Fsp3) is 0.647. The summed E-state index contributed by atoms with van der Waals surface area (Å²) in [5, 5.41) is 2.61. The summed E-state index contributed by atoms with van der Waals surface area (Å²) < 4.78 is 25.3. The third-order valence-corrected chi connectivity index (χ3v) is 7.06. The van der Waals surface area contributed by atoms with Gasteiger partial charge in [-0.3, -0.25) is 0 Å². The summed E-state index contributed by atoms with van der Waals surface area (Å²) >= 11 is 0. The van der Waals surface area contributed by atoms with E-state index in [2.05, 4.69) is 36.5 Å². The highest BCUT2D eigenvalue weighted by molar-refractivity contribution is 7.92. The minimum atomic E-state index is -3.14. The highest BCUT2D eigenvalue weighted by Gasteiger charge is 2.33. The Kier molecular flexibility index (Phi) is 6.88. The molecular weight excluding hydrogens is 282 g/mol. The molecule has 0 amide bonds. The minimum absolute atomic E-state index is 0.153. The largest absolute Gasteiger partial charge is 0.309 e. The van der Waals surface area contributed by atoms with E-state index in [4.69, 9.17) is 0 Å². The molecule has 1 N–H and O–H groups in total. The van der Waals surface area contributed by atoms with Gasteiger partial charge in [-0.25, -0.2) is 8.42 Å². The van der Waals surface area contributed by atoms with E-state index in [1.165, 1.54) is 5.56 Å². The Morgan fingerprint density at radius 3 is 2.05 bits per heavy atom. The van der Waals surface area contributed by atoms with Gasteiger partial charge in [0.1, 0.15) is 0 Å². The van der Waals surface area contributed by atoms with Gasteiger partial charge in [0.05, 0.1) is 10.5 Å². The molecule has 0 saturated heterocycles. The Balaban J connectivity index is 3.10. The topological polar surface area (TPSA) is 46.2 Å². The summed E-state index contributed by atoms with van der Waals surface area (Å²) in [5.74, 6) is 0. The van der Waals surface area contributed by atoms with Crippen molar-refractivity contribution < 1.29 is 8.42 Å². The van der Waals surface area contributed by atoms with E-state index in [9.17, 15) is 8.42 Å². The van der Waals surface area contributed by atoms with Crippen molar-refractivity contribution in [3.05, 3.63) is 35.4 Å². The average Bonchev–Trinajstić information content (AvgIpc) is 2.51. The maximum Gasteiger partial charge on any atom is 0.157 e. The first-order valence-electron chi connectivity index (χ1n) is 7.93. The zero-order chi connectivity index (χ0) is 16.0. The first kappa shape index (κ1) is 18.2. The SMILES string of the molecule is CCNC(c1ccc(CC)cc1)C(C)S(=O)(=O)C(C)CC. The molecule has 1 aromatic carbocycles. The second kappa shape index (κ2) is 7.95. The number of aryl methyl sites for hydroxylation is 1. The molecule has 3 unspecified atom stereocenters. The van der Waals surface area contributed by atoms with Gasteiger partial charge >= 0.3 is 0 Å². The summed E-state index contributed by atoms with van der Waals surface area (Å²) in [5.41, 5.74) is 2.32. The van der Waals surface area contributed by atoms with Crippen LogP contribution in [0.3, 0.4) is 0 Å². The lowest BCUT2D eigenvalue weighted by molar-refractivity contribution is 0.502. The van der Waals surface area contributed by atoms with Gasteiger partial charge in [0.25, 0.3) is 0 Å². The molecule has 0 spiro atoms. The maximum absolute atomic E-state index is 12.6. The molecule has 1 rings (SSSR count). The molecule has 1 aromatic rings. The van der Waals surface area contributed by atoms with Crippen molar-refractivity contribution >= 4 is 9.84 Å². The average molecular weight is 311 g/mol. The lowest BCUT2D eigenvalue weighted by Gasteiger charge is -2.27. The van der Waals surface area contributed by atoms with Gasteiger partial charge in [-0.2, -0.15) is 0 Å². The minimum Gasteiger partial charge on any atom is -0.309 e. The Morgan fingerprint density at radius 2 is 1.62 bits per heavy atom. The molecular formula is C17H29NO2S. The molecule has 0 radical (unpaired) electrons. The first-order valence-corrected chi connectivity index (χ1v) is 9.54. The van der Waals surface area contributed by atoms with Crippen LogP contribution in [-0.4, -0.2) is 25.5 Å². The molecule has 0 fully saturated rings. The van der Waals surface area contributed by atoms with Crippen LogP contribution in [-0.2, 0) is 16.3 Å². The number of sulfone groups is 1. The number of nitrogens with one attached hydrogen (secondary N) is 1. The molecule has 4 heteroatoms. The van der Waals surface area contributed by atoms with Gasteiger partial charge in [0.15, 0.2) is 9.84 Å². The summed E-state index contributed by atoms with van der Waals surface area (Å²) in [6, 6.07) is 8.12. The van der Waals surface area contributed by atoms with Crippen molar-refractivity contribution in [2.24, 2.45) is 0 Å². The molecule has 21 heavy (non-hydrogen) atoms. The number of rotatable bonds is 8. The van der Waals surface area contributed by atoms with Crippen LogP contribution in [0.4, 0.5) is 0 Å². The standard InChI is InChI=1S/C17H29NO2S/c1-6-13(4)21(19,20)14(5)17(18-8-3)16-11-9-15(7-2)10-12-16/h9-14,17-18H,6-8H2,1-5H3. The van der Waals surface area contributed by atoms with E-state index in [1.54, 1.807) is 6.92 Å². The zero-order valence-electron chi connectivity index (χ0n) is 13.9. The van der Waals surface area contributed by atoms with Crippen LogP contribution >= 0.6 is 0 Å². The van der Waals surface area contributed by atoms with Crippen molar-refractivity contribution in [2.45, 2.75) is 64.0 Å². The molecule has 3 atom stereocenters. The van der Waals surface area contributed by atoms with Gasteiger partial charge in [0.2, 0.25) is 0 Å². The van der Waals surface area contributed by atoms with Gasteiger partial charge in [-0.1, -0.05) is 45.0 Å². The summed E-state index contributed by atoms with van der Waals surface area (Å²) in [6.45, 7) is 10.4. The molecule has 0 aliphatic heterocycles. The third kappa shape index (κ3) is 4.30. The number of hydrogen-bond acceptors (Lipinski definition) is 3. The van der Waals surface area contributed by atoms with Crippen LogP contribution < -0.4 is 5.32 Å². The second-order valence-corrected chi connectivity index (χ2v) is 8.37. The molecule has 0 heterocycles. The van der Waals surface area contributed by atoms with Gasteiger partial charge in [-0.15, -0.1) is 0 Å². The van der Waals surface area contributed by atoms with Crippen molar-refractivity contribution in [3.63, 3.8) is 0 Å². The molecule has 120 valence electrons. The van der Waals surface area contributed by atoms with E-state index in [0.29, 0.717) is 6.42 Å². The van der Waals surface area contributed by atoms with Gasteiger partial charge < -0.3 is 5.32 Å². The summed E-state index contributed by atoms with van der Waals surface area (Å²) in [7, 11) is -3.14. The van der Waals surface area contributed by atoms with Crippen molar-refractivity contribution in [2.75, 3.05) is 6.54 Å². The van der Waals surface area contributed by atoms with Crippen LogP contribution in [0.25, 0.3) is 0 Å². The molecule has 0 aliphatic rings. The molecule has 0 aliphatic carbocycles. The Labute approximate surface area is 130 Å². The van der Waals surface area contributed by atoms with Crippen molar-refractivity contribution in [1.82, 2.24) is 5.32 Å². The normalized spacial score (nSPS) is 16.4. The monoisotopic (exact) mass is 311 g/mol. The second-order valence-electron chi connectivity index (χ2n) is 5.64. The predicted octanol–water partition coefficient (Wildman–Crippen LogP) is 3.50. The van der Waals surface area contributed by atoms with E-state index >= 15 is 0 Å². The van der Waals surface area contributed by atoms with Gasteiger partial charge in [-0.05, 0) is 44.4 Å². The van der Waals surface area contributed by atoms with E-state index in [0.717, 1.165) is 18.5 Å².